The van der Waals surface area contributed by atoms with Crippen LogP contribution in [0.4, 0.5) is 0 Å². The molecule has 1 aromatic rings. The molecule has 1 aliphatic rings. The summed E-state index contributed by atoms with van der Waals surface area (Å²) in [6.45, 7) is 0.909. The lowest BCUT2D eigenvalue weighted by atomic mass is 10.2. The van der Waals surface area contributed by atoms with Gasteiger partial charge in [-0.05, 0) is 31.6 Å². The van der Waals surface area contributed by atoms with Gasteiger partial charge >= 0.3 is 0 Å². The van der Waals surface area contributed by atoms with Crippen LogP contribution in [0, 0.1) is 0 Å². The zero-order chi connectivity index (χ0) is 10.7. The van der Waals surface area contributed by atoms with Crippen molar-refractivity contribution < 1.29 is 0 Å². The molecule has 84 valence electrons. The van der Waals surface area contributed by atoms with Crippen LogP contribution in [0.1, 0.15) is 25.0 Å². The molecule has 1 heterocycles. The van der Waals surface area contributed by atoms with E-state index in [0.29, 0.717) is 6.04 Å². The molecular weight excluding hydrogens is 206 g/mol. The van der Waals surface area contributed by atoms with E-state index in [1.807, 2.05) is 29.7 Å². The van der Waals surface area contributed by atoms with Crippen LogP contribution in [0.3, 0.4) is 0 Å². The predicted octanol–water partition coefficient (Wildman–Crippen LogP) is 1.79. The van der Waals surface area contributed by atoms with Crippen LogP contribution in [0.15, 0.2) is 12.3 Å². The molecule has 1 aliphatic carbocycles. The van der Waals surface area contributed by atoms with Gasteiger partial charge in [-0.25, -0.2) is 0 Å². The minimum atomic E-state index is 0.699. The molecule has 3 nitrogen and oxygen atoms in total. The van der Waals surface area contributed by atoms with Crippen LogP contribution < -0.4 is 5.32 Å². The highest BCUT2D eigenvalue weighted by Crippen LogP contribution is 2.28. The Bertz CT molecular complexity index is 311. The van der Waals surface area contributed by atoms with Crippen molar-refractivity contribution in [2.45, 2.75) is 37.1 Å². The largest absolute Gasteiger partial charge is 0.308 e. The van der Waals surface area contributed by atoms with E-state index in [-0.39, 0.29) is 0 Å². The smallest absolute Gasteiger partial charge is 0.0762 e. The molecule has 0 radical (unpaired) electrons. The van der Waals surface area contributed by atoms with Gasteiger partial charge in [0.25, 0.3) is 0 Å². The summed E-state index contributed by atoms with van der Waals surface area (Å²) >= 11 is 2.00. The Kier molecular flexibility index (Phi) is 3.70. The van der Waals surface area contributed by atoms with Gasteiger partial charge in [0.2, 0.25) is 0 Å². The number of hydrogen-bond donors (Lipinski definition) is 1. The Morgan fingerprint density at radius 3 is 3.07 bits per heavy atom. The van der Waals surface area contributed by atoms with Crippen LogP contribution in [0.2, 0.25) is 0 Å². The van der Waals surface area contributed by atoms with E-state index < -0.39 is 0 Å². The van der Waals surface area contributed by atoms with E-state index in [2.05, 4.69) is 22.7 Å². The maximum Gasteiger partial charge on any atom is 0.0762 e. The van der Waals surface area contributed by atoms with Gasteiger partial charge in [0, 0.05) is 31.1 Å². The van der Waals surface area contributed by atoms with Crippen molar-refractivity contribution in [2.24, 2.45) is 7.05 Å². The van der Waals surface area contributed by atoms with E-state index in [9.17, 15) is 0 Å². The molecular formula is C11H19N3S. The summed E-state index contributed by atoms with van der Waals surface area (Å²) < 4.78 is 1.86. The molecule has 2 rings (SSSR count). The maximum atomic E-state index is 4.36. The van der Waals surface area contributed by atoms with Gasteiger partial charge in [0.15, 0.2) is 0 Å². The van der Waals surface area contributed by atoms with Gasteiger partial charge in [0.05, 0.1) is 5.69 Å². The van der Waals surface area contributed by atoms with Crippen molar-refractivity contribution >= 4 is 11.8 Å². The lowest BCUT2D eigenvalue weighted by molar-refractivity contribution is 0.517. The number of nitrogens with zero attached hydrogens (tertiary/aromatic N) is 2. The molecule has 2 unspecified atom stereocenters. The van der Waals surface area contributed by atoms with Crippen molar-refractivity contribution in [1.82, 2.24) is 15.1 Å². The van der Waals surface area contributed by atoms with Crippen LogP contribution in [0.5, 0.6) is 0 Å². The van der Waals surface area contributed by atoms with Crippen molar-refractivity contribution in [2.75, 3.05) is 6.26 Å². The average Bonchev–Trinajstić information content (AvgIpc) is 2.83. The summed E-state index contributed by atoms with van der Waals surface area (Å²) in [5, 5.41) is 8.81. The van der Waals surface area contributed by atoms with Crippen LogP contribution in [-0.2, 0) is 13.6 Å². The van der Waals surface area contributed by atoms with Crippen molar-refractivity contribution in [3.05, 3.63) is 18.0 Å². The highest BCUT2D eigenvalue weighted by atomic mass is 32.2. The first-order valence-corrected chi connectivity index (χ1v) is 6.81. The Labute approximate surface area is 95.6 Å². The fraction of sp³-hybridized carbons (Fsp3) is 0.727. The van der Waals surface area contributed by atoms with Gasteiger partial charge < -0.3 is 5.32 Å². The summed E-state index contributed by atoms with van der Waals surface area (Å²) in [6, 6.07) is 2.78. The van der Waals surface area contributed by atoms with Crippen molar-refractivity contribution in [1.29, 1.82) is 0 Å². The fourth-order valence-corrected chi connectivity index (χ4v) is 2.94. The number of hydrogen-bond acceptors (Lipinski definition) is 3. The Hall–Kier alpha value is -0.480. The second-order valence-electron chi connectivity index (χ2n) is 4.23. The number of aryl methyl sites for hydroxylation is 1. The zero-order valence-corrected chi connectivity index (χ0v) is 10.3. The monoisotopic (exact) mass is 225 g/mol. The van der Waals surface area contributed by atoms with Crippen LogP contribution in [-0.4, -0.2) is 27.3 Å². The minimum Gasteiger partial charge on any atom is -0.308 e. The standard InChI is InChI=1S/C11H19N3S/c1-14-6-5-10(13-14)8-12-9-3-4-11(7-9)15-2/h5-6,9,11-12H,3-4,7-8H2,1-2H3. The maximum absolute atomic E-state index is 4.36. The molecule has 0 aromatic carbocycles. The highest BCUT2D eigenvalue weighted by molar-refractivity contribution is 7.99. The minimum absolute atomic E-state index is 0.699. The lowest BCUT2D eigenvalue weighted by Gasteiger charge is -2.11. The molecule has 1 N–H and O–H groups in total. The number of aromatic nitrogens is 2. The SMILES string of the molecule is CSC1CCC(NCc2ccn(C)n2)C1. The van der Waals surface area contributed by atoms with Crippen LogP contribution >= 0.6 is 11.8 Å². The molecule has 2 atom stereocenters. The molecule has 0 saturated heterocycles. The van der Waals surface area contributed by atoms with E-state index in [0.717, 1.165) is 17.5 Å². The summed E-state index contributed by atoms with van der Waals surface area (Å²) in [7, 11) is 1.96. The first kappa shape index (κ1) is 11.0. The average molecular weight is 225 g/mol. The Balaban J connectivity index is 1.75. The third-order valence-electron chi connectivity index (χ3n) is 3.06. The molecule has 15 heavy (non-hydrogen) atoms. The second kappa shape index (κ2) is 5.03. The van der Waals surface area contributed by atoms with Gasteiger partial charge in [-0.1, -0.05) is 0 Å². The Morgan fingerprint density at radius 2 is 2.47 bits per heavy atom. The summed E-state index contributed by atoms with van der Waals surface area (Å²) in [5.41, 5.74) is 1.14. The van der Waals surface area contributed by atoms with Gasteiger partial charge in [0.1, 0.15) is 0 Å². The number of nitrogens with one attached hydrogen (secondary N) is 1. The first-order chi connectivity index (χ1) is 7.28. The molecule has 4 heteroatoms. The zero-order valence-electron chi connectivity index (χ0n) is 9.44. The summed E-state index contributed by atoms with van der Waals surface area (Å²) in [6.07, 6.45) is 8.20. The van der Waals surface area contributed by atoms with Gasteiger partial charge in [-0.2, -0.15) is 16.9 Å². The third-order valence-corrected chi connectivity index (χ3v) is 4.15. The third kappa shape index (κ3) is 2.98. The fourth-order valence-electron chi connectivity index (χ4n) is 2.15. The van der Waals surface area contributed by atoms with Gasteiger partial charge in [-0.3, -0.25) is 4.68 Å². The molecule has 1 saturated carbocycles. The topological polar surface area (TPSA) is 29.9 Å². The van der Waals surface area contributed by atoms with Gasteiger partial charge in [-0.15, -0.1) is 0 Å². The predicted molar refractivity (Wildman–Crippen MR) is 65.0 cm³/mol. The van der Waals surface area contributed by atoms with Crippen molar-refractivity contribution in [3.8, 4) is 0 Å². The van der Waals surface area contributed by atoms with E-state index in [1.165, 1.54) is 19.3 Å². The summed E-state index contributed by atoms with van der Waals surface area (Å²) in [5.74, 6) is 0. The Morgan fingerprint density at radius 1 is 1.60 bits per heavy atom. The molecule has 0 amide bonds. The van der Waals surface area contributed by atoms with Crippen LogP contribution in [0.25, 0.3) is 0 Å². The molecule has 1 aromatic heterocycles. The van der Waals surface area contributed by atoms with Crippen molar-refractivity contribution in [3.63, 3.8) is 0 Å². The molecule has 0 aliphatic heterocycles. The normalized spacial score (nSPS) is 26.0. The molecule has 1 fully saturated rings. The highest BCUT2D eigenvalue weighted by Gasteiger charge is 2.23. The van der Waals surface area contributed by atoms with E-state index >= 15 is 0 Å². The number of thioether (sulfide) groups is 1. The van der Waals surface area contributed by atoms with E-state index in [4.69, 9.17) is 0 Å². The first-order valence-electron chi connectivity index (χ1n) is 5.52. The second-order valence-corrected chi connectivity index (χ2v) is 5.37. The van der Waals surface area contributed by atoms with E-state index in [1.54, 1.807) is 0 Å². The quantitative estimate of drug-likeness (QED) is 0.847. The molecule has 0 spiro atoms. The number of rotatable bonds is 4. The lowest BCUT2D eigenvalue weighted by Crippen LogP contribution is -2.26. The molecule has 0 bridgehead atoms. The summed E-state index contributed by atoms with van der Waals surface area (Å²) in [4.78, 5) is 0.